The molecule has 4 heteroatoms. The fourth-order valence-electron chi connectivity index (χ4n) is 2.72. The number of aryl methyl sites for hydroxylation is 1. The summed E-state index contributed by atoms with van der Waals surface area (Å²) in [6.45, 7) is 2.26. The van der Waals surface area contributed by atoms with Gasteiger partial charge in [0.2, 0.25) is 5.78 Å². The van der Waals surface area contributed by atoms with Crippen molar-refractivity contribution in [1.82, 2.24) is 4.57 Å². The zero-order chi connectivity index (χ0) is 12.9. The molecule has 0 atom stereocenters. The number of carbonyl (C=O) groups is 2. The molecule has 0 fully saturated rings. The number of Topliss-reactive ketones (excluding diaryl/α,β-unsaturated/α-hetero) is 2. The van der Waals surface area contributed by atoms with E-state index < -0.39 is 0 Å². The number of aliphatic imine (C=N–C) groups is 1. The highest BCUT2D eigenvalue weighted by molar-refractivity contribution is 6.27. The first-order valence-corrected chi connectivity index (χ1v) is 6.05. The first-order valence-electron chi connectivity index (χ1n) is 6.05. The SMILES string of the molecule is CC(=O)CC1=CC2=NCCc3cn(C)c(c32)C1=O. The van der Waals surface area contributed by atoms with Gasteiger partial charge in [-0.1, -0.05) is 0 Å². The number of hydrogen-bond donors (Lipinski definition) is 0. The summed E-state index contributed by atoms with van der Waals surface area (Å²) in [4.78, 5) is 28.1. The molecule has 0 aromatic carbocycles. The number of hydrogen-bond acceptors (Lipinski definition) is 3. The molecule has 0 bridgehead atoms. The Bertz CT molecular complexity index is 632. The summed E-state index contributed by atoms with van der Waals surface area (Å²) in [6.07, 6.45) is 4.87. The summed E-state index contributed by atoms with van der Waals surface area (Å²) in [6, 6.07) is 0. The molecule has 0 amide bonds. The molecule has 0 spiro atoms. The molecule has 3 rings (SSSR count). The van der Waals surface area contributed by atoms with Crippen LogP contribution in [0.25, 0.3) is 0 Å². The van der Waals surface area contributed by atoms with E-state index in [0.29, 0.717) is 11.3 Å². The van der Waals surface area contributed by atoms with Crippen molar-refractivity contribution < 1.29 is 9.59 Å². The van der Waals surface area contributed by atoms with Crippen molar-refractivity contribution in [3.05, 3.63) is 34.7 Å². The molecule has 0 unspecified atom stereocenters. The molecule has 1 aromatic heterocycles. The van der Waals surface area contributed by atoms with Gasteiger partial charge in [0.1, 0.15) is 5.78 Å². The van der Waals surface area contributed by atoms with E-state index in [2.05, 4.69) is 4.99 Å². The predicted molar refractivity (Wildman–Crippen MR) is 68.2 cm³/mol. The molecule has 0 radical (unpaired) electrons. The number of aromatic nitrogens is 1. The lowest BCUT2D eigenvalue weighted by Gasteiger charge is -2.18. The summed E-state index contributed by atoms with van der Waals surface area (Å²) >= 11 is 0. The van der Waals surface area contributed by atoms with Crippen molar-refractivity contribution in [2.24, 2.45) is 12.0 Å². The zero-order valence-corrected chi connectivity index (χ0v) is 10.5. The monoisotopic (exact) mass is 242 g/mol. The van der Waals surface area contributed by atoms with E-state index in [4.69, 9.17) is 0 Å². The van der Waals surface area contributed by atoms with Gasteiger partial charge in [-0.2, -0.15) is 0 Å². The molecule has 0 saturated heterocycles. The lowest BCUT2D eigenvalue weighted by molar-refractivity contribution is -0.116. The fraction of sp³-hybridized carbons (Fsp3) is 0.357. The van der Waals surface area contributed by atoms with Crippen molar-refractivity contribution in [2.45, 2.75) is 19.8 Å². The Kier molecular flexibility index (Phi) is 2.33. The van der Waals surface area contributed by atoms with E-state index in [1.165, 1.54) is 12.5 Å². The van der Waals surface area contributed by atoms with Gasteiger partial charge < -0.3 is 4.57 Å². The van der Waals surface area contributed by atoms with E-state index in [0.717, 1.165) is 24.2 Å². The summed E-state index contributed by atoms with van der Waals surface area (Å²) in [7, 11) is 1.87. The highest BCUT2D eigenvalue weighted by atomic mass is 16.1. The second kappa shape index (κ2) is 3.77. The Morgan fingerprint density at radius 3 is 3.00 bits per heavy atom. The molecule has 18 heavy (non-hydrogen) atoms. The second-order valence-corrected chi connectivity index (χ2v) is 4.88. The maximum atomic E-state index is 12.4. The molecular formula is C14H14N2O2. The summed E-state index contributed by atoms with van der Waals surface area (Å²) in [5.74, 6) is -0.0290. The van der Waals surface area contributed by atoms with Crippen LogP contribution in [0.5, 0.6) is 0 Å². The molecule has 92 valence electrons. The molecule has 1 aliphatic carbocycles. The molecule has 1 aromatic rings. The highest BCUT2D eigenvalue weighted by Gasteiger charge is 2.31. The van der Waals surface area contributed by atoms with Gasteiger partial charge in [0.15, 0.2) is 0 Å². The molecule has 2 aliphatic rings. The normalized spacial score (nSPS) is 17.1. The van der Waals surface area contributed by atoms with Crippen LogP contribution in [0.1, 0.15) is 35.0 Å². The van der Waals surface area contributed by atoms with Crippen molar-refractivity contribution >= 4 is 17.3 Å². The average molecular weight is 242 g/mol. The summed E-state index contributed by atoms with van der Waals surface area (Å²) < 4.78 is 1.86. The van der Waals surface area contributed by atoms with Crippen molar-refractivity contribution in [2.75, 3.05) is 6.54 Å². The van der Waals surface area contributed by atoms with Gasteiger partial charge in [-0.05, 0) is 25.0 Å². The van der Waals surface area contributed by atoms with Crippen molar-refractivity contribution in [3.8, 4) is 0 Å². The zero-order valence-electron chi connectivity index (χ0n) is 10.5. The Labute approximate surface area is 105 Å². The number of ketones is 2. The maximum Gasteiger partial charge on any atom is 0.206 e. The minimum absolute atomic E-state index is 0.00360. The second-order valence-electron chi connectivity index (χ2n) is 4.88. The third kappa shape index (κ3) is 1.49. The molecule has 0 N–H and O–H groups in total. The van der Waals surface area contributed by atoms with E-state index in [9.17, 15) is 9.59 Å². The number of carbonyl (C=O) groups excluding carboxylic acids is 2. The minimum Gasteiger partial charge on any atom is -0.347 e. The number of rotatable bonds is 2. The molecule has 0 saturated carbocycles. The van der Waals surface area contributed by atoms with Crippen LogP contribution < -0.4 is 0 Å². The van der Waals surface area contributed by atoms with Crippen LogP contribution in [0.2, 0.25) is 0 Å². The largest absolute Gasteiger partial charge is 0.347 e. The quantitative estimate of drug-likeness (QED) is 0.788. The Morgan fingerprint density at radius 1 is 1.50 bits per heavy atom. The van der Waals surface area contributed by atoms with Crippen LogP contribution in [-0.2, 0) is 18.3 Å². The Morgan fingerprint density at radius 2 is 2.28 bits per heavy atom. The van der Waals surface area contributed by atoms with Gasteiger partial charge >= 0.3 is 0 Å². The molecular weight excluding hydrogens is 228 g/mol. The molecule has 2 heterocycles. The third-order valence-electron chi connectivity index (χ3n) is 3.44. The first-order chi connectivity index (χ1) is 8.58. The van der Waals surface area contributed by atoms with Gasteiger partial charge in [0, 0.05) is 37.3 Å². The number of nitrogens with zero attached hydrogens (tertiary/aromatic N) is 2. The van der Waals surface area contributed by atoms with Crippen LogP contribution in [0.4, 0.5) is 0 Å². The standard InChI is InChI=1S/C14H14N2O2/c1-8(17)5-10-6-11-12-9(3-4-15-11)7-16(2)13(12)14(10)18/h6-7H,3-5H2,1-2H3. The number of allylic oxidation sites excluding steroid dienone is 2. The molecule has 4 nitrogen and oxygen atoms in total. The van der Waals surface area contributed by atoms with Gasteiger partial charge in [0.25, 0.3) is 0 Å². The first kappa shape index (κ1) is 11.1. The Hall–Kier alpha value is -1.97. The fourth-order valence-corrected chi connectivity index (χ4v) is 2.72. The Balaban J connectivity index is 2.18. The third-order valence-corrected chi connectivity index (χ3v) is 3.44. The van der Waals surface area contributed by atoms with Crippen molar-refractivity contribution in [3.63, 3.8) is 0 Å². The van der Waals surface area contributed by atoms with Crippen LogP contribution in [0.15, 0.2) is 22.8 Å². The maximum absolute atomic E-state index is 12.4. The summed E-state index contributed by atoms with van der Waals surface area (Å²) in [5, 5.41) is 0. The van der Waals surface area contributed by atoms with Gasteiger partial charge in [-0.25, -0.2) is 0 Å². The highest BCUT2D eigenvalue weighted by Crippen LogP contribution is 2.30. The lowest BCUT2D eigenvalue weighted by atomic mass is 9.88. The van der Waals surface area contributed by atoms with Gasteiger partial charge in [-0.3, -0.25) is 14.6 Å². The van der Waals surface area contributed by atoms with Crippen LogP contribution >= 0.6 is 0 Å². The van der Waals surface area contributed by atoms with E-state index in [1.54, 1.807) is 6.08 Å². The summed E-state index contributed by atoms with van der Waals surface area (Å²) in [5.41, 5.74) is 4.26. The van der Waals surface area contributed by atoms with E-state index in [1.807, 2.05) is 17.8 Å². The van der Waals surface area contributed by atoms with Crippen LogP contribution in [0.3, 0.4) is 0 Å². The van der Waals surface area contributed by atoms with E-state index in [-0.39, 0.29) is 18.0 Å². The van der Waals surface area contributed by atoms with Crippen LogP contribution in [-0.4, -0.2) is 28.4 Å². The lowest BCUT2D eigenvalue weighted by Crippen LogP contribution is -2.23. The topological polar surface area (TPSA) is 51.4 Å². The van der Waals surface area contributed by atoms with Gasteiger partial charge in [-0.15, -0.1) is 0 Å². The molecule has 1 aliphatic heterocycles. The van der Waals surface area contributed by atoms with Gasteiger partial charge in [0.05, 0.1) is 11.4 Å². The van der Waals surface area contributed by atoms with Crippen LogP contribution in [0, 0.1) is 0 Å². The predicted octanol–water partition coefficient (Wildman–Crippen LogP) is 1.47. The van der Waals surface area contributed by atoms with E-state index >= 15 is 0 Å². The smallest absolute Gasteiger partial charge is 0.206 e. The minimum atomic E-state index is -0.0326. The average Bonchev–Trinajstić information content (AvgIpc) is 2.63. The van der Waals surface area contributed by atoms with Crippen molar-refractivity contribution in [1.29, 1.82) is 0 Å².